The Hall–Kier alpha value is -2.81. The monoisotopic (exact) mass is 386 g/mol. The van der Waals surface area contributed by atoms with E-state index in [4.69, 9.17) is 28.1 Å². The summed E-state index contributed by atoms with van der Waals surface area (Å²) in [7, 11) is -4.94. The van der Waals surface area contributed by atoms with Gasteiger partial charge in [-0.15, -0.1) is 10.2 Å². The largest absolute Gasteiger partial charge is 0.366 e. The summed E-state index contributed by atoms with van der Waals surface area (Å²) in [6, 6.07) is 24.5. The van der Waals surface area contributed by atoms with Crippen LogP contribution in [0.5, 0.6) is 0 Å². The molecule has 2 aromatic heterocycles. The minimum absolute atomic E-state index is 0.817. The molecule has 0 atom stereocenters. The molecule has 0 aliphatic heterocycles. The summed E-state index contributed by atoms with van der Waals surface area (Å²) in [6.07, 6.45) is 0. The lowest BCUT2D eigenvalue weighted by Gasteiger charge is -2.17. The van der Waals surface area contributed by atoms with Crippen molar-refractivity contribution in [2.45, 2.75) is 6.92 Å². The van der Waals surface area contributed by atoms with Gasteiger partial charge in [-0.05, 0) is 16.5 Å². The van der Waals surface area contributed by atoms with Gasteiger partial charge in [-0.3, -0.25) is 0 Å². The van der Waals surface area contributed by atoms with Crippen LogP contribution in [0.3, 0.4) is 0 Å². The summed E-state index contributed by atoms with van der Waals surface area (Å²) in [6.45, 7) is 1.94. The molecule has 0 unspecified atom stereocenters. The summed E-state index contributed by atoms with van der Waals surface area (Å²) in [5, 5.41) is 0. The van der Waals surface area contributed by atoms with Gasteiger partial charge in [0.1, 0.15) is 0 Å². The molecule has 0 amide bonds. The fourth-order valence-electron chi connectivity index (χ4n) is 2.62. The second kappa shape index (κ2) is 7.83. The third-order valence-corrected chi connectivity index (χ3v) is 3.64. The lowest BCUT2D eigenvalue weighted by Crippen LogP contribution is -2.68. The number of nitrogens with zero attached hydrogens (tertiary/aromatic N) is 2. The highest BCUT2D eigenvalue weighted by molar-refractivity contribution is 5.67. The maximum Gasteiger partial charge on any atom is 0.366 e. The summed E-state index contributed by atoms with van der Waals surface area (Å²) in [4.78, 5) is 4.72. The van der Waals surface area contributed by atoms with Crippen LogP contribution in [-0.2, 0) is 0 Å². The maximum absolute atomic E-state index is 8.49. The van der Waals surface area contributed by atoms with Crippen molar-refractivity contribution in [2.75, 3.05) is 0 Å². The van der Waals surface area contributed by atoms with Crippen LogP contribution in [0, 0.1) is 17.2 Å². The standard InChI is InChI=1S/C19H15N2O.ClHO4/c1-14-12-19-20-17(15-8-4-2-5-9-15)13-18(21(19)22-14)16-10-6-3-7-11-16;2-1(3,4)5/h2-13H,1H3;(H,2,3,4,5)/q+1;/p-1. The molecule has 2 heterocycles. The highest BCUT2D eigenvalue weighted by Gasteiger charge is 2.20. The van der Waals surface area contributed by atoms with Gasteiger partial charge in [-0.1, -0.05) is 60.7 Å². The quantitative estimate of drug-likeness (QED) is 0.420. The van der Waals surface area contributed by atoms with Gasteiger partial charge in [0.2, 0.25) is 0 Å². The number of benzene rings is 2. The summed E-state index contributed by atoms with van der Waals surface area (Å²) in [5.41, 5.74) is 4.96. The van der Waals surface area contributed by atoms with Crippen LogP contribution in [0.2, 0.25) is 0 Å². The van der Waals surface area contributed by atoms with Gasteiger partial charge < -0.3 is 4.52 Å². The number of halogens is 1. The van der Waals surface area contributed by atoms with E-state index in [1.54, 1.807) is 4.57 Å². The van der Waals surface area contributed by atoms with Gasteiger partial charge in [0.05, 0.1) is 6.07 Å². The molecule has 0 spiro atoms. The van der Waals surface area contributed by atoms with Crippen molar-refractivity contribution in [1.29, 1.82) is 0 Å². The van der Waals surface area contributed by atoms with E-state index in [1.807, 2.05) is 49.4 Å². The number of hydrogen-bond donors (Lipinski definition) is 0. The van der Waals surface area contributed by atoms with Gasteiger partial charge >= 0.3 is 5.65 Å². The minimum Gasteiger partial charge on any atom is -0.300 e. The number of hydrogen-bond acceptors (Lipinski definition) is 6. The van der Waals surface area contributed by atoms with Crippen molar-refractivity contribution < 1.29 is 38.0 Å². The lowest BCUT2D eigenvalue weighted by atomic mass is 10.1. The molecule has 138 valence electrons. The Morgan fingerprint density at radius 2 is 1.33 bits per heavy atom. The predicted molar refractivity (Wildman–Crippen MR) is 85.3 cm³/mol. The van der Waals surface area contributed by atoms with Gasteiger partial charge in [0, 0.05) is 17.2 Å². The Kier molecular flexibility index (Phi) is 5.50. The third kappa shape index (κ3) is 5.10. The van der Waals surface area contributed by atoms with E-state index in [0.717, 1.165) is 33.9 Å². The number of fused-ring (bicyclic) bond motifs is 1. The molecule has 7 nitrogen and oxygen atoms in total. The van der Waals surface area contributed by atoms with Crippen molar-refractivity contribution >= 4 is 5.65 Å². The van der Waals surface area contributed by atoms with E-state index in [-0.39, 0.29) is 0 Å². The molecule has 27 heavy (non-hydrogen) atoms. The molecule has 2 aromatic carbocycles. The third-order valence-electron chi connectivity index (χ3n) is 3.64. The Bertz CT molecular complexity index is 1020. The molecule has 0 N–H and O–H groups in total. The van der Waals surface area contributed by atoms with Crippen LogP contribution in [0.4, 0.5) is 0 Å². The first-order chi connectivity index (χ1) is 12.8. The zero-order chi connectivity index (χ0) is 19.4. The first-order valence-corrected chi connectivity index (χ1v) is 9.11. The van der Waals surface area contributed by atoms with E-state index in [2.05, 4.69) is 30.3 Å². The molecule has 0 saturated heterocycles. The molecule has 0 aliphatic rings. The van der Waals surface area contributed by atoms with E-state index >= 15 is 0 Å². The van der Waals surface area contributed by atoms with Gasteiger partial charge in [-0.2, -0.15) is 0 Å². The first kappa shape index (κ1) is 19.0. The lowest BCUT2D eigenvalue weighted by molar-refractivity contribution is -2.00. The van der Waals surface area contributed by atoms with E-state index in [9.17, 15) is 0 Å². The molecule has 0 saturated carbocycles. The average molecular weight is 387 g/mol. The van der Waals surface area contributed by atoms with Crippen molar-refractivity contribution in [3.63, 3.8) is 0 Å². The van der Waals surface area contributed by atoms with Crippen LogP contribution < -0.4 is 23.2 Å². The van der Waals surface area contributed by atoms with Crippen molar-refractivity contribution in [2.24, 2.45) is 0 Å². The Morgan fingerprint density at radius 3 is 1.89 bits per heavy atom. The zero-order valence-corrected chi connectivity index (χ0v) is 15.0. The Morgan fingerprint density at radius 1 is 0.815 bits per heavy atom. The van der Waals surface area contributed by atoms with E-state index in [1.165, 1.54) is 0 Å². The molecule has 4 rings (SSSR count). The molecule has 8 heteroatoms. The van der Waals surface area contributed by atoms with Crippen molar-refractivity contribution in [1.82, 2.24) is 4.98 Å². The van der Waals surface area contributed by atoms with E-state index in [0.29, 0.717) is 0 Å². The SMILES string of the molecule is Cc1cc2nc(-c3ccccc3)cc(-c3ccccc3)[n+]2o1.[O-][Cl+3]([O-])([O-])[O-]. The fourth-order valence-corrected chi connectivity index (χ4v) is 2.62. The first-order valence-electron chi connectivity index (χ1n) is 7.87. The van der Waals surface area contributed by atoms with Crippen molar-refractivity contribution in [3.05, 3.63) is 78.6 Å². The van der Waals surface area contributed by atoms with E-state index < -0.39 is 10.2 Å². The van der Waals surface area contributed by atoms with Gasteiger partial charge in [0.15, 0.2) is 17.1 Å². The second-order valence-corrected chi connectivity index (χ2v) is 6.39. The predicted octanol–water partition coefficient (Wildman–Crippen LogP) is -0.700. The summed E-state index contributed by atoms with van der Waals surface area (Å²) in [5.74, 6) is 0.842. The topological polar surface area (TPSA) is 122 Å². The molecular formula is C19H15ClN2O5. The van der Waals surface area contributed by atoms with Crippen molar-refractivity contribution in [3.8, 4) is 22.5 Å². The number of rotatable bonds is 2. The molecule has 0 radical (unpaired) electrons. The van der Waals surface area contributed by atoms with Crippen LogP contribution in [0.25, 0.3) is 28.2 Å². The average Bonchev–Trinajstić information content (AvgIpc) is 3.01. The molecule has 0 aliphatic carbocycles. The van der Waals surface area contributed by atoms with Crippen LogP contribution in [0.15, 0.2) is 77.3 Å². The number of aromatic nitrogens is 2. The number of aryl methyl sites for hydroxylation is 1. The van der Waals surface area contributed by atoms with Crippen LogP contribution in [-0.4, -0.2) is 4.98 Å². The zero-order valence-electron chi connectivity index (χ0n) is 14.2. The van der Waals surface area contributed by atoms with Gasteiger partial charge in [-0.25, -0.2) is 18.6 Å². The minimum atomic E-state index is -4.94. The summed E-state index contributed by atoms with van der Waals surface area (Å²) >= 11 is 0. The second-order valence-electron chi connectivity index (χ2n) is 5.64. The van der Waals surface area contributed by atoms with Crippen LogP contribution in [0.1, 0.15) is 5.76 Å². The van der Waals surface area contributed by atoms with Gasteiger partial charge in [0.25, 0.3) is 0 Å². The molecule has 0 fully saturated rings. The van der Waals surface area contributed by atoms with Crippen LogP contribution >= 0.6 is 0 Å². The molecule has 0 bridgehead atoms. The Labute approximate surface area is 157 Å². The highest BCUT2D eigenvalue weighted by atomic mass is 35.7. The Balaban J connectivity index is 0.000000376. The maximum atomic E-state index is 8.49. The highest BCUT2D eigenvalue weighted by Crippen LogP contribution is 2.23. The smallest absolute Gasteiger partial charge is 0.300 e. The normalized spacial score (nSPS) is 11.1. The summed E-state index contributed by atoms with van der Waals surface area (Å²) < 4.78 is 41.6. The fraction of sp³-hybridized carbons (Fsp3) is 0.0526. The molecular weight excluding hydrogens is 372 g/mol. The molecule has 4 aromatic rings.